The van der Waals surface area contributed by atoms with E-state index in [0.717, 1.165) is 9.54 Å². The predicted octanol–water partition coefficient (Wildman–Crippen LogP) is 3.22. The number of halogens is 1. The quantitative estimate of drug-likeness (QED) is 0.688. The van der Waals surface area contributed by atoms with Crippen LogP contribution in [-0.4, -0.2) is 17.4 Å². The van der Waals surface area contributed by atoms with Crippen LogP contribution in [0.25, 0.3) is 11.0 Å². The van der Waals surface area contributed by atoms with Gasteiger partial charge in [0.05, 0.1) is 10.5 Å². The van der Waals surface area contributed by atoms with E-state index in [4.69, 9.17) is 0 Å². The lowest BCUT2D eigenvalue weighted by Gasteiger charge is -2.07. The van der Waals surface area contributed by atoms with Gasteiger partial charge in [-0.3, -0.25) is 0 Å². The second-order valence-electron chi connectivity index (χ2n) is 4.79. The molecule has 5 nitrogen and oxygen atoms in total. The van der Waals surface area contributed by atoms with Gasteiger partial charge in [-0.15, -0.1) is 0 Å². The van der Waals surface area contributed by atoms with Crippen molar-refractivity contribution in [1.82, 2.24) is 8.96 Å². The molecule has 1 aromatic carbocycles. The van der Waals surface area contributed by atoms with Crippen LogP contribution in [0.1, 0.15) is 11.1 Å². The van der Waals surface area contributed by atoms with E-state index >= 15 is 0 Å². The maximum absolute atomic E-state index is 12.8. The molecular formula is C15H10BrN3O2S. The van der Waals surface area contributed by atoms with E-state index < -0.39 is 10.0 Å². The summed E-state index contributed by atoms with van der Waals surface area (Å²) in [5.74, 6) is 0. The summed E-state index contributed by atoms with van der Waals surface area (Å²) in [6.45, 7) is 1.88. The van der Waals surface area contributed by atoms with Gasteiger partial charge in [0.1, 0.15) is 6.07 Å². The van der Waals surface area contributed by atoms with Gasteiger partial charge in [-0.25, -0.2) is 17.4 Å². The van der Waals surface area contributed by atoms with E-state index in [1.807, 2.05) is 13.0 Å². The maximum atomic E-state index is 12.8. The van der Waals surface area contributed by atoms with Gasteiger partial charge in [0.15, 0.2) is 5.65 Å². The minimum atomic E-state index is -3.80. The van der Waals surface area contributed by atoms with Crippen molar-refractivity contribution in [3.63, 3.8) is 0 Å². The fraction of sp³-hybridized carbons (Fsp3) is 0.0667. The van der Waals surface area contributed by atoms with Crippen LogP contribution >= 0.6 is 15.9 Å². The summed E-state index contributed by atoms with van der Waals surface area (Å²) in [6.07, 6.45) is 2.81. The van der Waals surface area contributed by atoms with E-state index in [2.05, 4.69) is 20.9 Å². The molecule has 0 aliphatic rings. The number of nitrogens with zero attached hydrogens (tertiary/aromatic N) is 3. The number of nitriles is 1. The van der Waals surface area contributed by atoms with Gasteiger partial charge >= 0.3 is 0 Å². The Kier molecular flexibility index (Phi) is 3.51. The van der Waals surface area contributed by atoms with E-state index in [-0.39, 0.29) is 16.1 Å². The Morgan fingerprint density at radius 1 is 1.27 bits per heavy atom. The van der Waals surface area contributed by atoms with Crippen LogP contribution in [0.3, 0.4) is 0 Å². The molecule has 0 aliphatic heterocycles. The molecule has 22 heavy (non-hydrogen) atoms. The first-order chi connectivity index (χ1) is 10.4. The van der Waals surface area contributed by atoms with Crippen LogP contribution in [-0.2, 0) is 10.0 Å². The highest BCUT2D eigenvalue weighted by molar-refractivity contribution is 9.10. The largest absolute Gasteiger partial charge is 0.269 e. The third-order valence-corrected chi connectivity index (χ3v) is 5.37. The van der Waals surface area contributed by atoms with Crippen LogP contribution in [0.4, 0.5) is 0 Å². The second-order valence-corrected chi connectivity index (χ2v) is 7.52. The van der Waals surface area contributed by atoms with Crippen molar-refractivity contribution in [1.29, 1.82) is 5.26 Å². The molecule has 0 radical (unpaired) electrons. The zero-order valence-electron chi connectivity index (χ0n) is 11.5. The second kappa shape index (κ2) is 5.23. The van der Waals surface area contributed by atoms with E-state index in [1.165, 1.54) is 12.4 Å². The van der Waals surface area contributed by atoms with E-state index in [1.54, 1.807) is 30.3 Å². The Balaban J connectivity index is 2.30. The first kappa shape index (κ1) is 14.8. The molecule has 0 bridgehead atoms. The molecule has 2 heterocycles. The average molecular weight is 376 g/mol. The summed E-state index contributed by atoms with van der Waals surface area (Å²) in [7, 11) is -3.80. The molecule has 3 rings (SSSR count). The summed E-state index contributed by atoms with van der Waals surface area (Å²) in [5.41, 5.74) is 1.47. The summed E-state index contributed by atoms with van der Waals surface area (Å²) in [6, 6.07) is 10.2. The number of pyridine rings is 1. The van der Waals surface area contributed by atoms with E-state index in [9.17, 15) is 13.7 Å². The molecule has 0 N–H and O–H groups in total. The predicted molar refractivity (Wildman–Crippen MR) is 85.9 cm³/mol. The van der Waals surface area contributed by atoms with Crippen LogP contribution < -0.4 is 0 Å². The number of fused-ring (bicyclic) bond motifs is 1. The summed E-state index contributed by atoms with van der Waals surface area (Å²) < 4.78 is 27.3. The first-order valence-corrected chi connectivity index (χ1v) is 8.56. The number of aromatic nitrogens is 2. The number of rotatable bonds is 2. The molecule has 0 amide bonds. The fourth-order valence-corrected chi connectivity index (χ4v) is 3.81. The molecular weight excluding hydrogens is 366 g/mol. The molecule has 0 fully saturated rings. The number of hydrogen-bond acceptors (Lipinski definition) is 4. The molecule has 0 saturated carbocycles. The highest BCUT2D eigenvalue weighted by atomic mass is 79.9. The van der Waals surface area contributed by atoms with Gasteiger partial charge in [-0.2, -0.15) is 5.26 Å². The standard InChI is InChI=1S/C15H10BrN3O2S/c1-10-2-4-13(5-3-10)22(20,21)19-9-11(7-17)14-6-12(16)8-18-15(14)19/h2-6,8-9H,1H3. The Labute approximate surface area is 136 Å². The van der Waals surface area contributed by atoms with Gasteiger partial charge < -0.3 is 0 Å². The Morgan fingerprint density at radius 2 is 1.95 bits per heavy atom. The van der Waals surface area contributed by atoms with Crippen molar-refractivity contribution in [2.24, 2.45) is 0 Å². The molecule has 0 spiro atoms. The van der Waals surface area contributed by atoms with Crippen molar-refractivity contribution in [2.75, 3.05) is 0 Å². The topological polar surface area (TPSA) is 75.8 Å². The van der Waals surface area contributed by atoms with Gasteiger partial charge in [0.2, 0.25) is 0 Å². The smallest absolute Gasteiger partial charge is 0.236 e. The van der Waals surface area contributed by atoms with Crippen LogP contribution in [0.2, 0.25) is 0 Å². The Morgan fingerprint density at radius 3 is 2.59 bits per heavy atom. The van der Waals surface area contributed by atoms with Gasteiger partial charge in [-0.05, 0) is 41.1 Å². The summed E-state index contributed by atoms with van der Waals surface area (Å²) >= 11 is 3.28. The molecule has 3 aromatic rings. The van der Waals surface area contributed by atoms with Gasteiger partial charge in [0.25, 0.3) is 10.0 Å². The monoisotopic (exact) mass is 375 g/mol. The average Bonchev–Trinajstić information content (AvgIpc) is 2.86. The van der Waals surface area contributed by atoms with Crippen molar-refractivity contribution in [2.45, 2.75) is 11.8 Å². The van der Waals surface area contributed by atoms with Crippen molar-refractivity contribution < 1.29 is 8.42 Å². The SMILES string of the molecule is Cc1ccc(S(=O)(=O)n2cc(C#N)c3cc(Br)cnc32)cc1. The maximum Gasteiger partial charge on any atom is 0.269 e. The lowest BCUT2D eigenvalue weighted by Crippen LogP contribution is -2.12. The van der Waals surface area contributed by atoms with Gasteiger partial charge in [-0.1, -0.05) is 17.7 Å². The third kappa shape index (κ3) is 2.30. The molecule has 110 valence electrons. The highest BCUT2D eigenvalue weighted by Crippen LogP contribution is 2.26. The minimum Gasteiger partial charge on any atom is -0.236 e. The number of aryl methyl sites for hydroxylation is 1. The number of benzene rings is 1. The first-order valence-electron chi connectivity index (χ1n) is 6.32. The van der Waals surface area contributed by atoms with Crippen LogP contribution in [0.15, 0.2) is 52.1 Å². The van der Waals surface area contributed by atoms with Crippen molar-refractivity contribution in [3.8, 4) is 6.07 Å². The zero-order valence-corrected chi connectivity index (χ0v) is 13.9. The molecule has 0 saturated heterocycles. The van der Waals surface area contributed by atoms with E-state index in [0.29, 0.717) is 9.86 Å². The lowest BCUT2D eigenvalue weighted by molar-refractivity contribution is 0.588. The highest BCUT2D eigenvalue weighted by Gasteiger charge is 2.22. The van der Waals surface area contributed by atoms with Crippen molar-refractivity contribution >= 4 is 37.0 Å². The summed E-state index contributed by atoms with van der Waals surface area (Å²) in [4.78, 5) is 4.30. The number of hydrogen-bond donors (Lipinski definition) is 0. The molecule has 7 heteroatoms. The lowest BCUT2D eigenvalue weighted by atomic mass is 10.2. The summed E-state index contributed by atoms with van der Waals surface area (Å²) in [5, 5.41) is 9.70. The van der Waals surface area contributed by atoms with Gasteiger partial charge in [0, 0.05) is 22.3 Å². The molecule has 0 unspecified atom stereocenters. The fourth-order valence-electron chi connectivity index (χ4n) is 2.15. The molecule has 0 aliphatic carbocycles. The third-order valence-electron chi connectivity index (χ3n) is 3.28. The van der Waals surface area contributed by atoms with Crippen LogP contribution in [0, 0.1) is 18.3 Å². The Bertz CT molecular complexity index is 1020. The van der Waals surface area contributed by atoms with Crippen molar-refractivity contribution in [3.05, 3.63) is 58.3 Å². The zero-order chi connectivity index (χ0) is 15.9. The molecule has 2 aromatic heterocycles. The molecule has 0 atom stereocenters. The minimum absolute atomic E-state index is 0.157. The Hall–Kier alpha value is -2.17. The normalized spacial score (nSPS) is 11.5. The van der Waals surface area contributed by atoms with Crippen LogP contribution in [0.5, 0.6) is 0 Å².